The van der Waals surface area contributed by atoms with Crippen LogP contribution in [0.3, 0.4) is 0 Å². The molecule has 0 saturated heterocycles. The summed E-state index contributed by atoms with van der Waals surface area (Å²) in [5.41, 5.74) is 0. The van der Waals surface area contributed by atoms with Gasteiger partial charge in [-0.05, 0) is 25.0 Å². The average Bonchev–Trinajstić information content (AvgIpc) is 1.98. The molecular formula is C8H18OS. The third-order valence-corrected chi connectivity index (χ3v) is 1.72. The Balaban J connectivity index is 3.21. The van der Waals surface area contributed by atoms with Gasteiger partial charge in [0.25, 0.3) is 0 Å². The van der Waals surface area contributed by atoms with E-state index < -0.39 is 0 Å². The van der Waals surface area contributed by atoms with Gasteiger partial charge in [0.1, 0.15) is 0 Å². The summed E-state index contributed by atoms with van der Waals surface area (Å²) in [6.07, 6.45) is 3.75. The van der Waals surface area contributed by atoms with Crippen molar-refractivity contribution in [2.24, 2.45) is 0 Å². The van der Waals surface area contributed by atoms with Crippen LogP contribution >= 0.6 is 12.6 Å². The van der Waals surface area contributed by atoms with Crippen LogP contribution in [0.15, 0.2) is 0 Å². The summed E-state index contributed by atoms with van der Waals surface area (Å²) in [6.45, 7) is 5.18. The SMILES string of the molecule is CCCOC(CC)CCS. The van der Waals surface area contributed by atoms with Crippen LogP contribution in [0.2, 0.25) is 0 Å². The first-order chi connectivity index (χ1) is 4.85. The minimum absolute atomic E-state index is 0.442. The molecule has 0 aromatic carbocycles. The first-order valence-corrected chi connectivity index (χ1v) is 4.70. The van der Waals surface area contributed by atoms with E-state index in [9.17, 15) is 0 Å². The van der Waals surface area contributed by atoms with Crippen LogP contribution in [0.1, 0.15) is 33.1 Å². The van der Waals surface area contributed by atoms with Gasteiger partial charge in [-0.25, -0.2) is 0 Å². The molecule has 0 aromatic heterocycles. The average molecular weight is 162 g/mol. The second kappa shape index (κ2) is 7.42. The van der Waals surface area contributed by atoms with E-state index in [0.29, 0.717) is 6.10 Å². The van der Waals surface area contributed by atoms with Gasteiger partial charge in [0, 0.05) is 6.61 Å². The fourth-order valence-electron chi connectivity index (χ4n) is 0.834. The molecule has 0 aliphatic rings. The second-order valence-corrected chi connectivity index (χ2v) is 2.86. The third kappa shape index (κ3) is 5.12. The van der Waals surface area contributed by atoms with E-state index in [1.54, 1.807) is 0 Å². The number of hydrogen-bond donors (Lipinski definition) is 1. The first-order valence-electron chi connectivity index (χ1n) is 4.07. The largest absolute Gasteiger partial charge is 0.378 e. The molecule has 0 amide bonds. The van der Waals surface area contributed by atoms with Gasteiger partial charge in [-0.1, -0.05) is 13.8 Å². The van der Waals surface area contributed by atoms with E-state index in [2.05, 4.69) is 26.5 Å². The van der Waals surface area contributed by atoms with Gasteiger partial charge in [-0.15, -0.1) is 0 Å². The predicted octanol–water partition coefficient (Wildman–Crippen LogP) is 2.51. The predicted molar refractivity (Wildman–Crippen MR) is 48.8 cm³/mol. The van der Waals surface area contributed by atoms with Crippen molar-refractivity contribution >= 4 is 12.6 Å². The van der Waals surface area contributed by atoms with Crippen molar-refractivity contribution in [1.29, 1.82) is 0 Å². The van der Waals surface area contributed by atoms with E-state index in [-0.39, 0.29) is 0 Å². The van der Waals surface area contributed by atoms with Crippen LogP contribution in [0.4, 0.5) is 0 Å². The number of ether oxygens (including phenoxy) is 1. The minimum Gasteiger partial charge on any atom is -0.378 e. The molecule has 0 aliphatic heterocycles. The molecule has 0 spiro atoms. The zero-order valence-corrected chi connectivity index (χ0v) is 7.86. The minimum atomic E-state index is 0.442. The quantitative estimate of drug-likeness (QED) is 0.590. The van der Waals surface area contributed by atoms with Crippen molar-refractivity contribution < 1.29 is 4.74 Å². The molecule has 0 fully saturated rings. The highest BCUT2D eigenvalue weighted by molar-refractivity contribution is 7.80. The van der Waals surface area contributed by atoms with E-state index in [4.69, 9.17) is 4.74 Å². The van der Waals surface area contributed by atoms with Crippen LogP contribution in [-0.4, -0.2) is 18.5 Å². The maximum atomic E-state index is 5.53. The summed E-state index contributed by atoms with van der Waals surface area (Å²) in [6, 6.07) is 0. The Hall–Kier alpha value is 0.310. The summed E-state index contributed by atoms with van der Waals surface area (Å²) >= 11 is 4.16. The zero-order valence-electron chi connectivity index (χ0n) is 6.97. The lowest BCUT2D eigenvalue weighted by Gasteiger charge is -2.13. The Morgan fingerprint density at radius 1 is 1.40 bits per heavy atom. The lowest BCUT2D eigenvalue weighted by Crippen LogP contribution is -2.12. The molecule has 0 heterocycles. The van der Waals surface area contributed by atoms with E-state index in [1.165, 1.54) is 0 Å². The summed E-state index contributed by atoms with van der Waals surface area (Å²) in [7, 11) is 0. The van der Waals surface area contributed by atoms with Crippen molar-refractivity contribution in [2.75, 3.05) is 12.4 Å². The summed E-state index contributed by atoms with van der Waals surface area (Å²) in [5.74, 6) is 0.933. The number of hydrogen-bond acceptors (Lipinski definition) is 2. The van der Waals surface area contributed by atoms with Gasteiger partial charge in [-0.2, -0.15) is 12.6 Å². The molecule has 0 N–H and O–H groups in total. The smallest absolute Gasteiger partial charge is 0.0580 e. The van der Waals surface area contributed by atoms with Crippen LogP contribution in [-0.2, 0) is 4.74 Å². The standard InChI is InChI=1S/C8H18OS/c1-3-6-9-8(4-2)5-7-10/h8,10H,3-7H2,1-2H3. The fraction of sp³-hybridized carbons (Fsp3) is 1.00. The maximum Gasteiger partial charge on any atom is 0.0580 e. The van der Waals surface area contributed by atoms with Crippen LogP contribution in [0.5, 0.6) is 0 Å². The van der Waals surface area contributed by atoms with Gasteiger partial charge < -0.3 is 4.74 Å². The number of rotatable bonds is 6. The van der Waals surface area contributed by atoms with Gasteiger partial charge >= 0.3 is 0 Å². The van der Waals surface area contributed by atoms with Gasteiger partial charge in [-0.3, -0.25) is 0 Å². The lowest BCUT2D eigenvalue weighted by molar-refractivity contribution is 0.0496. The third-order valence-electron chi connectivity index (χ3n) is 1.46. The molecule has 0 radical (unpaired) electrons. The number of thiol groups is 1. The van der Waals surface area contributed by atoms with Crippen molar-refractivity contribution in [3.8, 4) is 0 Å². The molecular weight excluding hydrogens is 144 g/mol. The molecule has 1 unspecified atom stereocenters. The van der Waals surface area contributed by atoms with Gasteiger partial charge in [0.2, 0.25) is 0 Å². The van der Waals surface area contributed by atoms with E-state index in [1.807, 2.05) is 0 Å². The monoisotopic (exact) mass is 162 g/mol. The van der Waals surface area contributed by atoms with Crippen molar-refractivity contribution in [3.05, 3.63) is 0 Å². The Morgan fingerprint density at radius 3 is 2.50 bits per heavy atom. The normalized spacial score (nSPS) is 13.5. The molecule has 10 heavy (non-hydrogen) atoms. The summed E-state index contributed by atoms with van der Waals surface area (Å²) in [5, 5.41) is 0. The fourth-order valence-corrected chi connectivity index (χ4v) is 1.12. The molecule has 2 heteroatoms. The zero-order chi connectivity index (χ0) is 7.82. The highest BCUT2D eigenvalue weighted by Crippen LogP contribution is 2.04. The van der Waals surface area contributed by atoms with Crippen LogP contribution in [0.25, 0.3) is 0 Å². The summed E-state index contributed by atoms with van der Waals surface area (Å²) in [4.78, 5) is 0. The lowest BCUT2D eigenvalue weighted by atomic mass is 10.2. The van der Waals surface area contributed by atoms with Crippen molar-refractivity contribution in [2.45, 2.75) is 39.2 Å². The highest BCUT2D eigenvalue weighted by atomic mass is 32.1. The van der Waals surface area contributed by atoms with Crippen molar-refractivity contribution in [1.82, 2.24) is 0 Å². The second-order valence-electron chi connectivity index (χ2n) is 2.41. The molecule has 0 bridgehead atoms. The molecule has 1 nitrogen and oxygen atoms in total. The Bertz CT molecular complexity index is 66.3. The van der Waals surface area contributed by atoms with Crippen molar-refractivity contribution in [3.63, 3.8) is 0 Å². The molecule has 0 aliphatic carbocycles. The topological polar surface area (TPSA) is 9.23 Å². The Morgan fingerprint density at radius 2 is 2.10 bits per heavy atom. The van der Waals surface area contributed by atoms with Crippen LogP contribution in [0, 0.1) is 0 Å². The van der Waals surface area contributed by atoms with E-state index in [0.717, 1.165) is 31.6 Å². The van der Waals surface area contributed by atoms with Gasteiger partial charge in [0.15, 0.2) is 0 Å². The molecule has 0 aromatic rings. The van der Waals surface area contributed by atoms with E-state index >= 15 is 0 Å². The molecule has 0 rings (SSSR count). The highest BCUT2D eigenvalue weighted by Gasteiger charge is 2.02. The van der Waals surface area contributed by atoms with Gasteiger partial charge in [0.05, 0.1) is 6.10 Å². The molecule has 1 atom stereocenters. The Labute approximate surface area is 69.6 Å². The maximum absolute atomic E-state index is 5.53. The first kappa shape index (κ1) is 10.3. The van der Waals surface area contributed by atoms with Crippen LogP contribution < -0.4 is 0 Å². The molecule has 0 saturated carbocycles. The molecule has 62 valence electrons. The Kier molecular flexibility index (Phi) is 7.65. The summed E-state index contributed by atoms with van der Waals surface area (Å²) < 4.78 is 5.53.